The third-order valence-electron chi connectivity index (χ3n) is 6.65. The van der Waals surface area contributed by atoms with Crippen molar-refractivity contribution in [1.29, 1.82) is 0 Å². The summed E-state index contributed by atoms with van der Waals surface area (Å²) in [6, 6.07) is 3.30. The molecule has 0 bridgehead atoms. The van der Waals surface area contributed by atoms with Gasteiger partial charge in [0, 0.05) is 47.6 Å². The molecule has 2 N–H and O–H groups in total. The van der Waals surface area contributed by atoms with Gasteiger partial charge in [0.1, 0.15) is 18.1 Å². The third kappa shape index (κ3) is 5.37. The monoisotopic (exact) mass is 570 g/mol. The highest BCUT2D eigenvalue weighted by Crippen LogP contribution is 2.28. The predicted octanol–water partition coefficient (Wildman–Crippen LogP) is 3.10. The number of nitrogens with one attached hydrogen (secondary N) is 2. The van der Waals surface area contributed by atoms with Crippen molar-refractivity contribution >= 4 is 41.4 Å². The molecule has 5 rings (SSSR count). The summed E-state index contributed by atoms with van der Waals surface area (Å²) in [5.74, 6) is -0.164. The van der Waals surface area contributed by atoms with Gasteiger partial charge in [-0.2, -0.15) is 5.16 Å². The summed E-state index contributed by atoms with van der Waals surface area (Å²) in [4.78, 5) is 61.0. The Morgan fingerprint density at radius 2 is 2.00 bits per heavy atom. The minimum absolute atomic E-state index is 0.0783. The molecular weight excluding hydrogens is 544 g/mol. The normalized spacial score (nSPS) is 14.5. The van der Waals surface area contributed by atoms with Gasteiger partial charge in [-0.1, -0.05) is 25.4 Å². The topological polar surface area (TPSA) is 163 Å². The molecule has 2 aliphatic rings. The molecule has 14 heteroatoms. The number of H-pyrrole nitrogens is 1. The summed E-state index contributed by atoms with van der Waals surface area (Å²) < 4.78 is 16.3. The number of aliphatic imine (C=N–C) groups is 1. The Labute approximate surface area is 233 Å². The lowest BCUT2D eigenvalue weighted by atomic mass is 10.1. The zero-order chi connectivity index (χ0) is 28.6. The van der Waals surface area contributed by atoms with E-state index in [0.29, 0.717) is 57.6 Å². The standard InChI is InChI=1S/C26H27ClN6O7/c1-13(2)22(34)29-18-7-14(8-28-3)17(27)6-15(18)12-38-26(37)33-9-19-21(11-33)39-24(30-19)25(36)32-5-4-16-20(10-32)40-31-23(16)35/h6-8,13H,4-5,9-12H2,1-3H3,(H,29,34)(H,31,35). The lowest BCUT2D eigenvalue weighted by Crippen LogP contribution is -2.37. The Bertz CT molecular complexity index is 1550. The van der Waals surface area contributed by atoms with Crippen LogP contribution in [-0.2, 0) is 42.2 Å². The first-order chi connectivity index (χ1) is 19.1. The molecule has 0 saturated carbocycles. The number of fused-ring (bicyclic) bond motifs is 2. The molecule has 0 saturated heterocycles. The van der Waals surface area contributed by atoms with Gasteiger partial charge in [-0.3, -0.25) is 24.3 Å². The van der Waals surface area contributed by atoms with Crippen molar-refractivity contribution in [3.8, 4) is 0 Å². The van der Waals surface area contributed by atoms with Crippen molar-refractivity contribution in [1.82, 2.24) is 19.9 Å². The molecule has 0 aliphatic carbocycles. The lowest BCUT2D eigenvalue weighted by Gasteiger charge is -2.23. The zero-order valence-electron chi connectivity index (χ0n) is 22.1. The maximum absolute atomic E-state index is 12.9. The molecule has 13 nitrogen and oxygen atoms in total. The van der Waals surface area contributed by atoms with E-state index in [2.05, 4.69) is 20.4 Å². The zero-order valence-corrected chi connectivity index (χ0v) is 22.8. The first-order valence-electron chi connectivity index (χ1n) is 12.6. The Hall–Kier alpha value is -4.39. The molecule has 3 aromatic rings. The van der Waals surface area contributed by atoms with Crippen LogP contribution in [0.3, 0.4) is 0 Å². The van der Waals surface area contributed by atoms with Crippen LogP contribution in [0.1, 0.15) is 58.4 Å². The largest absolute Gasteiger partial charge is 0.444 e. The van der Waals surface area contributed by atoms with E-state index < -0.39 is 12.0 Å². The van der Waals surface area contributed by atoms with Gasteiger partial charge in [0.15, 0.2) is 5.76 Å². The van der Waals surface area contributed by atoms with Crippen LogP contribution in [0.4, 0.5) is 10.5 Å². The van der Waals surface area contributed by atoms with Crippen LogP contribution in [0.2, 0.25) is 5.02 Å². The van der Waals surface area contributed by atoms with Crippen LogP contribution < -0.4 is 10.9 Å². The van der Waals surface area contributed by atoms with Crippen molar-refractivity contribution in [3.05, 3.63) is 67.3 Å². The van der Waals surface area contributed by atoms with E-state index in [9.17, 15) is 19.2 Å². The fourth-order valence-corrected chi connectivity index (χ4v) is 4.66. The number of halogens is 1. The number of anilines is 1. The first kappa shape index (κ1) is 27.2. The van der Waals surface area contributed by atoms with E-state index in [0.717, 1.165) is 0 Å². The van der Waals surface area contributed by atoms with Crippen molar-refractivity contribution in [2.75, 3.05) is 18.9 Å². The fourth-order valence-electron chi connectivity index (χ4n) is 4.42. The van der Waals surface area contributed by atoms with Crippen LogP contribution in [0.25, 0.3) is 0 Å². The average molecular weight is 571 g/mol. The second kappa shape index (κ2) is 11.0. The summed E-state index contributed by atoms with van der Waals surface area (Å²) in [7, 11) is 1.61. The maximum Gasteiger partial charge on any atom is 0.410 e. The molecule has 4 heterocycles. The molecule has 0 fully saturated rings. The highest BCUT2D eigenvalue weighted by Gasteiger charge is 2.34. The van der Waals surface area contributed by atoms with Gasteiger partial charge in [-0.05, 0) is 18.6 Å². The Morgan fingerprint density at radius 1 is 1.23 bits per heavy atom. The van der Waals surface area contributed by atoms with Crippen LogP contribution >= 0.6 is 11.6 Å². The third-order valence-corrected chi connectivity index (χ3v) is 6.98. The number of oxazole rings is 1. The van der Waals surface area contributed by atoms with Crippen molar-refractivity contribution in [3.63, 3.8) is 0 Å². The van der Waals surface area contributed by atoms with E-state index >= 15 is 0 Å². The number of amides is 3. The molecule has 2 aromatic heterocycles. The molecule has 0 unspecified atom stereocenters. The number of carbonyl (C=O) groups is 3. The molecule has 40 heavy (non-hydrogen) atoms. The SMILES string of the molecule is CN=Cc1cc(NC(=O)C(C)C)c(COC(=O)N2Cc3nc(C(=O)N4CCc5c(o[nH]c5=O)C4)oc3C2)cc1Cl. The predicted molar refractivity (Wildman–Crippen MR) is 142 cm³/mol. The van der Waals surface area contributed by atoms with E-state index in [1.54, 1.807) is 39.2 Å². The van der Waals surface area contributed by atoms with Crippen molar-refractivity contribution < 1.29 is 28.1 Å². The number of rotatable bonds is 6. The summed E-state index contributed by atoms with van der Waals surface area (Å²) in [5.41, 5.74) is 2.31. The maximum atomic E-state index is 12.9. The molecule has 210 valence electrons. The minimum atomic E-state index is -0.622. The smallest absolute Gasteiger partial charge is 0.410 e. The quantitative estimate of drug-likeness (QED) is 0.427. The Morgan fingerprint density at radius 3 is 2.73 bits per heavy atom. The van der Waals surface area contributed by atoms with Gasteiger partial charge in [-0.15, -0.1) is 0 Å². The summed E-state index contributed by atoms with van der Waals surface area (Å²) in [6.07, 6.45) is 1.32. The molecule has 1 aromatic carbocycles. The highest BCUT2D eigenvalue weighted by molar-refractivity contribution is 6.33. The van der Waals surface area contributed by atoms with Gasteiger partial charge in [-0.25, -0.2) is 9.78 Å². The van der Waals surface area contributed by atoms with E-state index in [1.807, 2.05) is 0 Å². The number of benzene rings is 1. The number of ether oxygens (including phenoxy) is 1. The highest BCUT2D eigenvalue weighted by atomic mass is 35.5. The molecule has 2 aliphatic heterocycles. The second-order valence-electron chi connectivity index (χ2n) is 9.77. The van der Waals surface area contributed by atoms with Crippen LogP contribution in [0.15, 0.2) is 30.9 Å². The lowest BCUT2D eigenvalue weighted by molar-refractivity contribution is -0.118. The summed E-state index contributed by atoms with van der Waals surface area (Å²) in [6.45, 7) is 4.04. The van der Waals surface area contributed by atoms with Gasteiger partial charge in [0.05, 0.1) is 25.2 Å². The van der Waals surface area contributed by atoms with Crippen LogP contribution in [0.5, 0.6) is 0 Å². The molecule has 3 amide bonds. The number of hydrogen-bond donors (Lipinski definition) is 2. The van der Waals surface area contributed by atoms with Crippen LogP contribution in [0, 0.1) is 5.92 Å². The molecule has 0 radical (unpaired) electrons. The van der Waals surface area contributed by atoms with Gasteiger partial charge in [0.25, 0.3) is 11.4 Å². The van der Waals surface area contributed by atoms with E-state index in [-0.39, 0.29) is 49.5 Å². The second-order valence-corrected chi connectivity index (χ2v) is 10.2. The van der Waals surface area contributed by atoms with Crippen molar-refractivity contribution in [2.45, 2.75) is 46.5 Å². The first-order valence-corrected chi connectivity index (χ1v) is 13.0. The fraction of sp³-hybridized carbons (Fsp3) is 0.385. The Kier molecular flexibility index (Phi) is 7.48. The van der Waals surface area contributed by atoms with E-state index in [4.69, 9.17) is 25.3 Å². The van der Waals surface area contributed by atoms with Crippen molar-refractivity contribution in [2.24, 2.45) is 10.9 Å². The summed E-state index contributed by atoms with van der Waals surface area (Å²) in [5, 5.41) is 5.52. The van der Waals surface area contributed by atoms with E-state index in [1.165, 1.54) is 9.80 Å². The average Bonchev–Trinajstić information content (AvgIpc) is 3.62. The molecule has 0 spiro atoms. The molecule has 0 atom stereocenters. The van der Waals surface area contributed by atoms with Gasteiger partial charge >= 0.3 is 12.0 Å². The number of aromatic nitrogens is 2. The number of hydrogen-bond acceptors (Lipinski definition) is 9. The minimum Gasteiger partial charge on any atom is -0.444 e. The number of carbonyl (C=O) groups excluding carboxylic acids is 3. The van der Waals surface area contributed by atoms with Gasteiger partial charge < -0.3 is 23.9 Å². The Balaban J connectivity index is 1.22. The summed E-state index contributed by atoms with van der Waals surface area (Å²) >= 11 is 6.36. The van der Waals surface area contributed by atoms with Gasteiger partial charge in [0.2, 0.25) is 5.91 Å². The number of aromatic amines is 1. The number of nitrogens with zero attached hydrogens (tertiary/aromatic N) is 4. The molecular formula is C26H27ClN6O7. The van der Waals surface area contributed by atoms with Crippen LogP contribution in [-0.4, -0.2) is 57.7 Å².